The molecule has 1 amide bonds. The average Bonchev–Trinajstić information content (AvgIpc) is 2.31. The van der Waals surface area contributed by atoms with E-state index in [-0.39, 0.29) is 11.9 Å². The van der Waals surface area contributed by atoms with Crippen LogP contribution in [0.5, 0.6) is 0 Å². The summed E-state index contributed by atoms with van der Waals surface area (Å²) in [4.78, 5) is 14.6. The van der Waals surface area contributed by atoms with E-state index < -0.39 is 0 Å². The van der Waals surface area contributed by atoms with Gasteiger partial charge in [0, 0.05) is 19.1 Å². The van der Waals surface area contributed by atoms with Crippen LogP contribution in [0.3, 0.4) is 0 Å². The first-order chi connectivity index (χ1) is 8.04. The van der Waals surface area contributed by atoms with Crippen molar-refractivity contribution >= 4 is 18.5 Å². The number of amides is 1. The summed E-state index contributed by atoms with van der Waals surface area (Å²) in [6.45, 7) is 2.52. The predicted octanol–water partition coefficient (Wildman–Crippen LogP) is 2.01. The molecule has 0 saturated carbocycles. The zero-order valence-electron chi connectivity index (χ0n) is 10.5. The Morgan fingerprint density at radius 1 is 1.41 bits per heavy atom. The highest BCUT2D eigenvalue weighted by molar-refractivity contribution is 7.80. The van der Waals surface area contributed by atoms with E-state index in [1.54, 1.807) is 19.1 Å². The molecule has 0 saturated heterocycles. The first-order valence-electron chi connectivity index (χ1n) is 5.57. The monoisotopic (exact) mass is 253 g/mol. The third-order valence-electron chi connectivity index (χ3n) is 2.75. The van der Waals surface area contributed by atoms with Crippen molar-refractivity contribution in [2.45, 2.75) is 24.3 Å². The van der Waals surface area contributed by atoms with Crippen molar-refractivity contribution in [3.05, 3.63) is 29.8 Å². The Morgan fingerprint density at radius 2 is 2.00 bits per heavy atom. The largest absolute Gasteiger partial charge is 0.383 e. The van der Waals surface area contributed by atoms with Crippen molar-refractivity contribution < 1.29 is 9.53 Å². The van der Waals surface area contributed by atoms with E-state index in [9.17, 15) is 4.79 Å². The van der Waals surface area contributed by atoms with Crippen LogP contribution in [0.2, 0.25) is 0 Å². The normalized spacial score (nSPS) is 12.2. The van der Waals surface area contributed by atoms with Crippen molar-refractivity contribution in [1.29, 1.82) is 0 Å². The second-order valence-electron chi connectivity index (χ2n) is 4.15. The molecule has 3 nitrogen and oxygen atoms in total. The average molecular weight is 253 g/mol. The smallest absolute Gasteiger partial charge is 0.227 e. The number of carbonyl (C=O) groups excluding carboxylic acids is 1. The summed E-state index contributed by atoms with van der Waals surface area (Å²) >= 11 is 4.21. The van der Waals surface area contributed by atoms with Crippen LogP contribution in [0.1, 0.15) is 12.5 Å². The van der Waals surface area contributed by atoms with Crippen molar-refractivity contribution in [3.63, 3.8) is 0 Å². The lowest BCUT2D eigenvalue weighted by molar-refractivity contribution is -0.131. The number of benzene rings is 1. The highest BCUT2D eigenvalue weighted by Gasteiger charge is 2.15. The number of thiol groups is 1. The fourth-order valence-electron chi connectivity index (χ4n) is 1.51. The summed E-state index contributed by atoms with van der Waals surface area (Å²) in [6, 6.07) is 7.73. The lowest BCUT2D eigenvalue weighted by atomic mass is 10.1. The Hall–Kier alpha value is -1.00. The molecule has 0 fully saturated rings. The number of methoxy groups -OCH3 is 1. The molecule has 1 aromatic carbocycles. The Labute approximate surface area is 108 Å². The number of rotatable bonds is 5. The van der Waals surface area contributed by atoms with Crippen molar-refractivity contribution in [1.82, 2.24) is 4.90 Å². The fraction of sp³-hybridized carbons (Fsp3) is 0.462. The van der Waals surface area contributed by atoms with Crippen LogP contribution in [0.4, 0.5) is 0 Å². The highest BCUT2D eigenvalue weighted by atomic mass is 32.1. The van der Waals surface area contributed by atoms with Crippen LogP contribution in [0.15, 0.2) is 29.2 Å². The van der Waals surface area contributed by atoms with E-state index in [4.69, 9.17) is 4.74 Å². The zero-order valence-corrected chi connectivity index (χ0v) is 11.4. The molecule has 4 heteroatoms. The molecule has 1 unspecified atom stereocenters. The second kappa shape index (κ2) is 6.67. The Balaban J connectivity index is 2.56. The van der Waals surface area contributed by atoms with E-state index in [2.05, 4.69) is 12.6 Å². The molecule has 0 radical (unpaired) electrons. The fourth-order valence-corrected chi connectivity index (χ4v) is 1.66. The van der Waals surface area contributed by atoms with E-state index in [0.29, 0.717) is 13.0 Å². The minimum Gasteiger partial charge on any atom is -0.383 e. The van der Waals surface area contributed by atoms with Crippen LogP contribution in [0.25, 0.3) is 0 Å². The number of ether oxygens (including phenoxy) is 1. The highest BCUT2D eigenvalue weighted by Crippen LogP contribution is 2.10. The van der Waals surface area contributed by atoms with Crippen molar-refractivity contribution in [2.75, 3.05) is 20.8 Å². The predicted molar refractivity (Wildman–Crippen MR) is 71.5 cm³/mol. The summed E-state index contributed by atoms with van der Waals surface area (Å²) in [5.41, 5.74) is 1.00. The van der Waals surface area contributed by atoms with Crippen LogP contribution >= 0.6 is 12.6 Å². The summed E-state index contributed by atoms with van der Waals surface area (Å²) in [5, 5.41) is 0. The summed E-state index contributed by atoms with van der Waals surface area (Å²) in [5.74, 6) is 0.0986. The SMILES string of the molecule is COCC(C)N(C)C(=O)Cc1ccc(S)cc1. The molecule has 0 aliphatic heterocycles. The van der Waals surface area contributed by atoms with Gasteiger partial charge in [-0.3, -0.25) is 4.79 Å². The maximum absolute atomic E-state index is 12.0. The van der Waals surface area contributed by atoms with Crippen molar-refractivity contribution in [3.8, 4) is 0 Å². The molecule has 0 aliphatic rings. The third kappa shape index (κ3) is 4.40. The molecule has 0 aliphatic carbocycles. The third-order valence-corrected chi connectivity index (χ3v) is 3.05. The van der Waals surface area contributed by atoms with Gasteiger partial charge in [-0.25, -0.2) is 0 Å². The van der Waals surface area contributed by atoms with Crippen molar-refractivity contribution in [2.24, 2.45) is 0 Å². The number of nitrogens with zero attached hydrogens (tertiary/aromatic N) is 1. The van der Waals surface area contributed by atoms with Gasteiger partial charge in [0.15, 0.2) is 0 Å². The topological polar surface area (TPSA) is 29.5 Å². The van der Waals surface area contributed by atoms with E-state index in [0.717, 1.165) is 10.5 Å². The summed E-state index contributed by atoms with van der Waals surface area (Å²) in [7, 11) is 3.44. The molecule has 0 spiro atoms. The molecule has 0 bridgehead atoms. The molecule has 94 valence electrons. The van der Waals surface area contributed by atoms with E-state index in [1.807, 2.05) is 31.2 Å². The van der Waals surface area contributed by atoms with Gasteiger partial charge >= 0.3 is 0 Å². The molecule has 0 N–H and O–H groups in total. The van der Waals surface area contributed by atoms with Crippen LogP contribution in [-0.2, 0) is 16.0 Å². The summed E-state index contributed by atoms with van der Waals surface area (Å²) in [6.07, 6.45) is 0.415. The van der Waals surface area contributed by atoms with Crippen LogP contribution in [-0.4, -0.2) is 37.6 Å². The Morgan fingerprint density at radius 3 is 2.53 bits per heavy atom. The number of hydrogen-bond acceptors (Lipinski definition) is 3. The van der Waals surface area contributed by atoms with E-state index in [1.165, 1.54) is 0 Å². The molecule has 1 rings (SSSR count). The molecule has 17 heavy (non-hydrogen) atoms. The zero-order chi connectivity index (χ0) is 12.8. The molecule has 1 aromatic rings. The number of likely N-dealkylation sites (N-methyl/N-ethyl adjacent to an activating group) is 1. The van der Waals surface area contributed by atoms with Gasteiger partial charge in [-0.15, -0.1) is 12.6 Å². The van der Waals surface area contributed by atoms with Gasteiger partial charge in [-0.2, -0.15) is 0 Å². The number of carbonyl (C=O) groups is 1. The van der Waals surface area contributed by atoms with E-state index >= 15 is 0 Å². The lowest BCUT2D eigenvalue weighted by Crippen LogP contribution is -2.38. The minimum absolute atomic E-state index is 0.0941. The lowest BCUT2D eigenvalue weighted by Gasteiger charge is -2.24. The van der Waals surface area contributed by atoms with Gasteiger partial charge in [0.2, 0.25) is 5.91 Å². The first-order valence-corrected chi connectivity index (χ1v) is 6.01. The van der Waals surface area contributed by atoms with Gasteiger partial charge in [-0.05, 0) is 24.6 Å². The molecule has 0 aromatic heterocycles. The van der Waals surface area contributed by atoms with Gasteiger partial charge in [0.1, 0.15) is 0 Å². The van der Waals surface area contributed by atoms with Gasteiger partial charge < -0.3 is 9.64 Å². The second-order valence-corrected chi connectivity index (χ2v) is 4.67. The molecule has 0 heterocycles. The van der Waals surface area contributed by atoms with Crippen LogP contribution in [0, 0.1) is 0 Å². The molecule has 1 atom stereocenters. The maximum Gasteiger partial charge on any atom is 0.227 e. The standard InChI is InChI=1S/C13H19NO2S/c1-10(9-16-3)14(2)13(15)8-11-4-6-12(17)7-5-11/h4-7,10,17H,8-9H2,1-3H3. The molecular formula is C13H19NO2S. The molecular weight excluding hydrogens is 234 g/mol. The van der Waals surface area contributed by atoms with Gasteiger partial charge in [0.05, 0.1) is 19.1 Å². The quantitative estimate of drug-likeness (QED) is 0.814. The Kier molecular flexibility index (Phi) is 5.51. The van der Waals surface area contributed by atoms with Gasteiger partial charge in [-0.1, -0.05) is 12.1 Å². The summed E-state index contributed by atoms with van der Waals surface area (Å²) < 4.78 is 5.04. The minimum atomic E-state index is 0.0941. The van der Waals surface area contributed by atoms with Gasteiger partial charge in [0.25, 0.3) is 0 Å². The maximum atomic E-state index is 12.0. The number of hydrogen-bond donors (Lipinski definition) is 1. The Bertz CT molecular complexity index is 364. The first kappa shape index (κ1) is 14.1. The van der Waals surface area contributed by atoms with Crippen LogP contribution < -0.4 is 0 Å².